The van der Waals surface area contributed by atoms with Gasteiger partial charge in [-0.05, 0) is 29.8 Å². The Morgan fingerprint density at radius 1 is 1.25 bits per heavy atom. The molecule has 0 bridgehead atoms. The second-order valence-electron chi connectivity index (χ2n) is 7.62. The van der Waals surface area contributed by atoms with E-state index in [4.69, 9.17) is 4.74 Å². The normalized spacial score (nSPS) is 16.8. The summed E-state index contributed by atoms with van der Waals surface area (Å²) in [4.78, 5) is 31.2. The number of anilines is 1. The number of hydrogen-bond acceptors (Lipinski definition) is 4. The molecule has 1 aliphatic heterocycles. The van der Waals surface area contributed by atoms with E-state index in [1.54, 1.807) is 36.2 Å². The van der Waals surface area contributed by atoms with Gasteiger partial charge in [0.2, 0.25) is 11.8 Å². The zero-order valence-electron chi connectivity index (χ0n) is 17.6. The van der Waals surface area contributed by atoms with Gasteiger partial charge in [0.1, 0.15) is 29.3 Å². The summed E-state index contributed by atoms with van der Waals surface area (Å²) in [5, 5.41) is 2.98. The first-order valence-electron chi connectivity index (χ1n) is 10.0. The van der Waals surface area contributed by atoms with Crippen molar-refractivity contribution < 1.29 is 23.1 Å². The van der Waals surface area contributed by atoms with E-state index in [0.29, 0.717) is 11.6 Å². The fourth-order valence-corrected chi connectivity index (χ4v) is 3.85. The van der Waals surface area contributed by atoms with Crippen LogP contribution < -0.4 is 15.0 Å². The van der Waals surface area contributed by atoms with Gasteiger partial charge in [-0.2, -0.15) is 0 Å². The van der Waals surface area contributed by atoms with E-state index in [9.17, 15) is 18.4 Å². The minimum absolute atomic E-state index is 0.00137. The van der Waals surface area contributed by atoms with Crippen LogP contribution in [-0.4, -0.2) is 35.0 Å². The predicted octanol–water partition coefficient (Wildman–Crippen LogP) is 2.97. The minimum Gasteiger partial charge on any atom is -0.497 e. The fourth-order valence-electron chi connectivity index (χ4n) is 3.85. The van der Waals surface area contributed by atoms with Crippen LogP contribution in [0.25, 0.3) is 0 Å². The third-order valence-corrected chi connectivity index (χ3v) is 5.53. The summed E-state index contributed by atoms with van der Waals surface area (Å²) in [7, 11) is 3.38. The molecule has 0 saturated carbocycles. The Balaban J connectivity index is 1.57. The number of aromatic nitrogens is 2. The van der Waals surface area contributed by atoms with Crippen molar-refractivity contribution in [1.82, 2.24) is 14.9 Å². The molecule has 7 nitrogen and oxygen atoms in total. The van der Waals surface area contributed by atoms with Gasteiger partial charge >= 0.3 is 0 Å². The van der Waals surface area contributed by atoms with E-state index in [1.165, 1.54) is 11.0 Å². The van der Waals surface area contributed by atoms with Crippen LogP contribution in [0.2, 0.25) is 0 Å². The molecule has 2 amide bonds. The van der Waals surface area contributed by atoms with Crippen LogP contribution in [0.3, 0.4) is 0 Å². The van der Waals surface area contributed by atoms with Crippen molar-refractivity contribution in [2.24, 2.45) is 13.0 Å². The molecule has 1 saturated heterocycles. The summed E-state index contributed by atoms with van der Waals surface area (Å²) in [6.45, 7) is -0.00137. The van der Waals surface area contributed by atoms with Gasteiger partial charge in [-0.3, -0.25) is 9.59 Å². The molecule has 1 N–H and O–H groups in total. The first-order chi connectivity index (χ1) is 15.4. The lowest BCUT2D eigenvalue weighted by atomic mass is 10.0. The molecule has 0 radical (unpaired) electrons. The second-order valence-corrected chi connectivity index (χ2v) is 7.62. The van der Waals surface area contributed by atoms with Gasteiger partial charge in [0.05, 0.1) is 18.7 Å². The smallest absolute Gasteiger partial charge is 0.227 e. The van der Waals surface area contributed by atoms with E-state index in [1.807, 2.05) is 19.2 Å². The lowest BCUT2D eigenvalue weighted by Crippen LogP contribution is -2.37. The zero-order valence-corrected chi connectivity index (χ0v) is 17.6. The quantitative estimate of drug-likeness (QED) is 0.640. The summed E-state index contributed by atoms with van der Waals surface area (Å²) in [6.07, 6.45) is 3.33. The standard InChI is InChI=1S/C23H22F2N4O3/c1-28-9-8-26-22(28)21(14-4-3-5-17(10-14)32-2)27-23(31)15-11-20(30)29(13-15)19-7-6-16(24)12-18(19)25/h3-10,12,15,21H,11,13H2,1-2H3,(H,27,31). The predicted molar refractivity (Wildman–Crippen MR) is 113 cm³/mol. The molecule has 4 rings (SSSR count). The molecule has 166 valence electrons. The molecular formula is C23H22F2N4O3. The molecule has 2 heterocycles. The molecule has 1 fully saturated rings. The first-order valence-corrected chi connectivity index (χ1v) is 10.0. The van der Waals surface area contributed by atoms with Crippen LogP contribution in [0.15, 0.2) is 54.9 Å². The number of amides is 2. The number of rotatable bonds is 6. The number of nitrogens with one attached hydrogen (secondary N) is 1. The number of hydrogen-bond donors (Lipinski definition) is 1. The van der Waals surface area contributed by atoms with Gasteiger partial charge in [0, 0.05) is 38.5 Å². The third kappa shape index (κ3) is 4.18. The largest absolute Gasteiger partial charge is 0.497 e. The van der Waals surface area contributed by atoms with Crippen molar-refractivity contribution in [2.45, 2.75) is 12.5 Å². The van der Waals surface area contributed by atoms with Crippen LogP contribution in [0.5, 0.6) is 5.75 Å². The van der Waals surface area contributed by atoms with Crippen LogP contribution >= 0.6 is 0 Å². The maximum Gasteiger partial charge on any atom is 0.227 e. The number of aryl methyl sites for hydroxylation is 1. The molecule has 3 aromatic rings. The Hall–Kier alpha value is -3.75. The number of ether oxygens (including phenoxy) is 1. The van der Waals surface area contributed by atoms with E-state index in [0.717, 1.165) is 17.7 Å². The van der Waals surface area contributed by atoms with Gasteiger partial charge in [-0.1, -0.05) is 12.1 Å². The van der Waals surface area contributed by atoms with E-state index in [2.05, 4.69) is 10.3 Å². The second kappa shape index (κ2) is 8.78. The van der Waals surface area contributed by atoms with Gasteiger partial charge < -0.3 is 19.5 Å². The minimum atomic E-state index is -0.846. The molecule has 1 aromatic heterocycles. The summed E-state index contributed by atoms with van der Waals surface area (Å²) in [5.74, 6) is -1.79. The highest BCUT2D eigenvalue weighted by Crippen LogP contribution is 2.30. The van der Waals surface area contributed by atoms with E-state index in [-0.39, 0.29) is 24.6 Å². The molecule has 2 aromatic carbocycles. The number of benzene rings is 2. The van der Waals surface area contributed by atoms with Crippen molar-refractivity contribution in [2.75, 3.05) is 18.6 Å². The number of halogens is 2. The number of carbonyl (C=O) groups is 2. The Kier molecular flexibility index (Phi) is 5.89. The SMILES string of the molecule is COc1cccc(C(NC(=O)C2CC(=O)N(c3ccc(F)cc3F)C2)c2nccn2C)c1. The van der Waals surface area contributed by atoms with Crippen molar-refractivity contribution in [3.05, 3.63) is 77.9 Å². The van der Waals surface area contributed by atoms with Gasteiger partial charge in [0.25, 0.3) is 0 Å². The highest BCUT2D eigenvalue weighted by Gasteiger charge is 2.37. The number of nitrogens with zero attached hydrogens (tertiary/aromatic N) is 3. The summed E-state index contributed by atoms with van der Waals surface area (Å²) < 4.78 is 34.5. The Bertz CT molecular complexity index is 1160. The molecule has 9 heteroatoms. The lowest BCUT2D eigenvalue weighted by molar-refractivity contribution is -0.126. The van der Waals surface area contributed by atoms with Crippen LogP contribution in [0.1, 0.15) is 23.9 Å². The highest BCUT2D eigenvalue weighted by molar-refractivity contribution is 6.00. The number of methoxy groups -OCH3 is 1. The molecule has 2 unspecified atom stereocenters. The van der Waals surface area contributed by atoms with Crippen molar-refractivity contribution >= 4 is 17.5 Å². The van der Waals surface area contributed by atoms with E-state index < -0.39 is 29.5 Å². The van der Waals surface area contributed by atoms with Crippen molar-refractivity contribution in [1.29, 1.82) is 0 Å². The van der Waals surface area contributed by atoms with Crippen LogP contribution in [-0.2, 0) is 16.6 Å². The molecule has 2 atom stereocenters. The van der Waals surface area contributed by atoms with Crippen LogP contribution in [0, 0.1) is 17.6 Å². The van der Waals surface area contributed by atoms with Crippen molar-refractivity contribution in [3.63, 3.8) is 0 Å². The number of imidazole rings is 1. The first kappa shape index (κ1) is 21.5. The van der Waals surface area contributed by atoms with Gasteiger partial charge in [-0.15, -0.1) is 0 Å². The Morgan fingerprint density at radius 3 is 2.75 bits per heavy atom. The fraction of sp³-hybridized carbons (Fsp3) is 0.261. The molecule has 32 heavy (non-hydrogen) atoms. The van der Waals surface area contributed by atoms with Gasteiger partial charge in [0.15, 0.2) is 0 Å². The Labute approximate surface area is 183 Å². The average molecular weight is 440 g/mol. The topological polar surface area (TPSA) is 76.5 Å². The highest BCUT2D eigenvalue weighted by atomic mass is 19.1. The third-order valence-electron chi connectivity index (χ3n) is 5.53. The summed E-state index contributed by atoms with van der Waals surface area (Å²) in [6, 6.07) is 9.69. The Morgan fingerprint density at radius 2 is 2.06 bits per heavy atom. The maximum absolute atomic E-state index is 14.2. The lowest BCUT2D eigenvalue weighted by Gasteiger charge is -2.22. The molecule has 0 aliphatic carbocycles. The van der Waals surface area contributed by atoms with Gasteiger partial charge in [-0.25, -0.2) is 13.8 Å². The summed E-state index contributed by atoms with van der Waals surface area (Å²) >= 11 is 0. The molecular weight excluding hydrogens is 418 g/mol. The number of carbonyl (C=O) groups excluding carboxylic acids is 2. The maximum atomic E-state index is 14.2. The monoisotopic (exact) mass is 440 g/mol. The van der Waals surface area contributed by atoms with Crippen LogP contribution in [0.4, 0.5) is 14.5 Å². The zero-order chi connectivity index (χ0) is 22.8. The molecule has 0 spiro atoms. The van der Waals surface area contributed by atoms with Crippen molar-refractivity contribution in [3.8, 4) is 5.75 Å². The molecule has 1 aliphatic rings. The van der Waals surface area contributed by atoms with E-state index >= 15 is 0 Å². The average Bonchev–Trinajstić information content (AvgIpc) is 3.37. The summed E-state index contributed by atoms with van der Waals surface area (Å²) in [5.41, 5.74) is 0.720.